The molecule has 1 heterocycles. The molecule has 1 aromatic rings. The van der Waals surface area contributed by atoms with Gasteiger partial charge in [-0.15, -0.1) is 5.11 Å². The molecule has 0 aliphatic carbocycles. The molecule has 0 radical (unpaired) electrons. The molecule has 0 saturated carbocycles. The van der Waals surface area contributed by atoms with Crippen LogP contribution in [0.5, 0.6) is 0 Å². The molecule has 1 aliphatic heterocycles. The maximum atomic E-state index is 9.05. The van der Waals surface area contributed by atoms with Gasteiger partial charge in [0.15, 0.2) is 6.20 Å². The summed E-state index contributed by atoms with van der Waals surface area (Å²) in [6, 6.07) is 7.53. The van der Waals surface area contributed by atoms with Crippen molar-refractivity contribution < 1.29 is 10.2 Å². The first-order valence-electron chi connectivity index (χ1n) is 7.21. The van der Waals surface area contributed by atoms with Crippen LogP contribution in [-0.2, 0) is 0 Å². The van der Waals surface area contributed by atoms with Crippen LogP contribution < -0.4 is 4.90 Å². The maximum absolute atomic E-state index is 9.05. The van der Waals surface area contributed by atoms with Gasteiger partial charge >= 0.3 is 5.70 Å². The van der Waals surface area contributed by atoms with E-state index < -0.39 is 0 Å². The average molecular weight is 301 g/mol. The number of allylic oxidation sites excluding steroid dienone is 1. The van der Waals surface area contributed by atoms with Gasteiger partial charge in [-0.3, -0.25) is 0 Å². The molecule has 6 nitrogen and oxygen atoms in total. The summed E-state index contributed by atoms with van der Waals surface area (Å²) < 4.78 is 0. The van der Waals surface area contributed by atoms with Crippen molar-refractivity contribution in [2.24, 2.45) is 10.2 Å². The van der Waals surface area contributed by atoms with Crippen molar-refractivity contribution in [3.8, 4) is 0 Å². The van der Waals surface area contributed by atoms with Crippen LogP contribution in [0.3, 0.4) is 0 Å². The van der Waals surface area contributed by atoms with Crippen LogP contribution >= 0.6 is 0 Å². The Balaban J connectivity index is 2.01. The Kier molecular flexibility index (Phi) is 6.03. The zero-order chi connectivity index (χ0) is 15.8. The first-order valence-corrected chi connectivity index (χ1v) is 7.21. The van der Waals surface area contributed by atoms with Crippen LogP contribution in [0.15, 0.2) is 52.5 Å². The quantitative estimate of drug-likeness (QED) is 0.594. The zero-order valence-electron chi connectivity index (χ0n) is 12.7. The Morgan fingerprint density at radius 2 is 1.82 bits per heavy atom. The molecule has 1 aromatic carbocycles. The van der Waals surface area contributed by atoms with E-state index in [9.17, 15) is 0 Å². The lowest BCUT2D eigenvalue weighted by Gasteiger charge is -2.22. The van der Waals surface area contributed by atoms with Crippen LogP contribution in [0.1, 0.15) is 0 Å². The summed E-state index contributed by atoms with van der Waals surface area (Å²) in [7, 11) is 1.97. The highest BCUT2D eigenvalue weighted by molar-refractivity contribution is 5.52. The predicted octanol–water partition coefficient (Wildman–Crippen LogP) is 1.71. The lowest BCUT2D eigenvalue weighted by atomic mass is 10.2. The van der Waals surface area contributed by atoms with Gasteiger partial charge in [-0.2, -0.15) is 0 Å². The Morgan fingerprint density at radius 1 is 1.14 bits per heavy atom. The van der Waals surface area contributed by atoms with Gasteiger partial charge in [0.1, 0.15) is 12.6 Å². The lowest BCUT2D eigenvalue weighted by molar-refractivity contribution is 0.281. The number of aliphatic hydroxyl groups excluding tert-OH is 2. The summed E-state index contributed by atoms with van der Waals surface area (Å²) >= 11 is 0. The monoisotopic (exact) mass is 301 g/mol. The molecule has 0 aromatic heterocycles. The summed E-state index contributed by atoms with van der Waals surface area (Å²) in [6.07, 6.45) is 6.85. The van der Waals surface area contributed by atoms with E-state index in [0.29, 0.717) is 13.1 Å². The Labute approximate surface area is 130 Å². The molecular weight excluding hydrogens is 280 g/mol. The molecular formula is C16H21N4O2+. The van der Waals surface area contributed by atoms with Gasteiger partial charge in [-0.05, 0) is 24.3 Å². The van der Waals surface area contributed by atoms with E-state index in [1.54, 1.807) is 0 Å². The molecule has 0 saturated heterocycles. The summed E-state index contributed by atoms with van der Waals surface area (Å²) in [5.41, 5.74) is 2.41. The molecule has 1 aliphatic rings. The van der Waals surface area contributed by atoms with Gasteiger partial charge in [0.25, 0.3) is 0 Å². The maximum Gasteiger partial charge on any atom is 0.304 e. The van der Waals surface area contributed by atoms with Gasteiger partial charge in [0.2, 0.25) is 0 Å². The highest BCUT2D eigenvalue weighted by Crippen LogP contribution is 2.21. The average Bonchev–Trinajstić information content (AvgIpc) is 2.55. The van der Waals surface area contributed by atoms with Crippen molar-refractivity contribution in [2.75, 3.05) is 44.8 Å². The number of anilines is 1. The molecule has 2 N–H and O–H groups in total. The minimum atomic E-state index is 0.0478. The van der Waals surface area contributed by atoms with E-state index in [-0.39, 0.29) is 13.2 Å². The molecule has 0 bridgehead atoms. The number of rotatable bonds is 7. The second kappa shape index (κ2) is 8.24. The molecule has 6 heteroatoms. The third-order valence-corrected chi connectivity index (χ3v) is 3.23. The molecule has 0 unspecified atom stereocenters. The smallest absolute Gasteiger partial charge is 0.304 e. The Morgan fingerprint density at radius 3 is 2.36 bits per heavy atom. The SMILES string of the molecule is CN1C=[C+]C(N=Nc2ccc(N(CCO)CCO)cc2)=CC1. The summed E-state index contributed by atoms with van der Waals surface area (Å²) in [6.45, 7) is 1.87. The molecule has 0 amide bonds. The molecule has 22 heavy (non-hydrogen) atoms. The van der Waals surface area contributed by atoms with Crippen molar-refractivity contribution in [2.45, 2.75) is 0 Å². The number of azo groups is 1. The number of likely N-dealkylation sites (N-methyl/N-ethyl adjacent to an activating group) is 1. The fourth-order valence-corrected chi connectivity index (χ4v) is 2.04. The summed E-state index contributed by atoms with van der Waals surface area (Å²) in [5, 5.41) is 26.4. The highest BCUT2D eigenvalue weighted by atomic mass is 16.3. The number of benzene rings is 1. The van der Waals surface area contributed by atoms with Crippen LogP contribution in [0, 0.1) is 6.08 Å². The lowest BCUT2D eigenvalue weighted by Crippen LogP contribution is -2.29. The molecule has 2 rings (SSSR count). The van der Waals surface area contributed by atoms with Gasteiger partial charge in [0, 0.05) is 25.8 Å². The molecule has 0 atom stereocenters. The van der Waals surface area contributed by atoms with Crippen LogP contribution in [0.2, 0.25) is 0 Å². The van der Waals surface area contributed by atoms with Crippen molar-refractivity contribution in [3.05, 3.63) is 48.3 Å². The standard InChI is InChI=1S/C16H21N4O2/c1-19-8-6-15(7-9-19)18-17-14-2-4-16(5-3-14)20(10-12-21)11-13-22/h2-6,9,21-22H,8,10-13H2,1H3/q+1. The van der Waals surface area contributed by atoms with Crippen molar-refractivity contribution in [1.29, 1.82) is 0 Å². The van der Waals surface area contributed by atoms with Crippen molar-refractivity contribution in [1.82, 2.24) is 4.90 Å². The van der Waals surface area contributed by atoms with Crippen molar-refractivity contribution >= 4 is 11.4 Å². The Hall–Kier alpha value is -2.27. The largest absolute Gasteiger partial charge is 0.395 e. The number of nitrogens with zero attached hydrogens (tertiary/aromatic N) is 4. The molecule has 0 spiro atoms. The summed E-state index contributed by atoms with van der Waals surface area (Å²) in [4.78, 5) is 3.92. The molecule has 116 valence electrons. The molecule has 0 fully saturated rings. The Bertz CT molecular complexity index is 546. The van der Waals surface area contributed by atoms with E-state index >= 15 is 0 Å². The second-order valence-corrected chi connectivity index (χ2v) is 4.95. The van der Waals surface area contributed by atoms with E-state index in [1.165, 1.54) is 0 Å². The number of hydrogen-bond donors (Lipinski definition) is 2. The van der Waals surface area contributed by atoms with Gasteiger partial charge in [0.05, 0.1) is 25.0 Å². The topological polar surface area (TPSA) is 71.7 Å². The minimum absolute atomic E-state index is 0.0478. The van der Waals surface area contributed by atoms with Crippen molar-refractivity contribution in [3.63, 3.8) is 0 Å². The summed E-state index contributed by atoms with van der Waals surface area (Å²) in [5.74, 6) is 0. The predicted molar refractivity (Wildman–Crippen MR) is 85.9 cm³/mol. The fourth-order valence-electron chi connectivity index (χ4n) is 2.04. The van der Waals surface area contributed by atoms with Crippen LogP contribution in [-0.4, -0.2) is 55.0 Å². The normalized spacial score (nSPS) is 14.1. The van der Waals surface area contributed by atoms with E-state index in [0.717, 1.165) is 23.6 Å². The van der Waals surface area contributed by atoms with Gasteiger partial charge in [-0.1, -0.05) is 5.11 Å². The van der Waals surface area contributed by atoms with E-state index in [2.05, 4.69) is 16.3 Å². The van der Waals surface area contributed by atoms with E-state index in [1.807, 2.05) is 53.4 Å². The fraction of sp³-hybridized carbons (Fsp3) is 0.375. The first kappa shape index (κ1) is 16.1. The van der Waals surface area contributed by atoms with Crippen LogP contribution in [0.4, 0.5) is 11.4 Å². The van der Waals surface area contributed by atoms with Gasteiger partial charge in [-0.25, -0.2) is 0 Å². The number of aliphatic hydroxyl groups is 2. The van der Waals surface area contributed by atoms with Gasteiger partial charge < -0.3 is 20.0 Å². The zero-order valence-corrected chi connectivity index (χ0v) is 12.7. The number of hydrogen-bond acceptors (Lipinski definition) is 6. The third-order valence-electron chi connectivity index (χ3n) is 3.23. The second-order valence-electron chi connectivity index (χ2n) is 4.95. The minimum Gasteiger partial charge on any atom is -0.395 e. The van der Waals surface area contributed by atoms with E-state index in [4.69, 9.17) is 10.2 Å². The third kappa shape index (κ3) is 4.63. The highest BCUT2D eigenvalue weighted by Gasteiger charge is 2.10. The first-order chi connectivity index (χ1) is 10.7. The van der Waals surface area contributed by atoms with Crippen LogP contribution in [0.25, 0.3) is 0 Å².